The van der Waals surface area contributed by atoms with Crippen molar-refractivity contribution in [2.24, 2.45) is 5.92 Å². The van der Waals surface area contributed by atoms with Crippen molar-refractivity contribution >= 4 is 27.8 Å². The van der Waals surface area contributed by atoms with Gasteiger partial charge in [0, 0.05) is 4.47 Å². The molecule has 1 aromatic rings. The fraction of sp³-hybridized carbons (Fsp3) is 0.500. The number of hydrogen-bond donors (Lipinski definition) is 2. The van der Waals surface area contributed by atoms with Crippen LogP contribution in [0.4, 0.5) is 0 Å². The molecule has 2 unspecified atom stereocenters. The zero-order valence-corrected chi connectivity index (χ0v) is 14.3. The van der Waals surface area contributed by atoms with Crippen molar-refractivity contribution in [3.05, 3.63) is 28.2 Å². The number of amides is 1. The molecule has 0 saturated heterocycles. The van der Waals surface area contributed by atoms with Crippen LogP contribution in [-0.4, -0.2) is 29.6 Å². The molecule has 0 radical (unpaired) electrons. The second-order valence-electron chi connectivity index (χ2n) is 5.85. The van der Waals surface area contributed by atoms with Gasteiger partial charge >= 0.3 is 5.97 Å². The molecule has 6 heteroatoms. The van der Waals surface area contributed by atoms with E-state index in [1.165, 1.54) is 7.11 Å². The van der Waals surface area contributed by atoms with E-state index < -0.39 is 17.4 Å². The number of ether oxygens (including phenoxy) is 1. The van der Waals surface area contributed by atoms with Crippen LogP contribution in [0.5, 0.6) is 5.75 Å². The van der Waals surface area contributed by atoms with E-state index in [1.54, 1.807) is 18.2 Å². The Morgan fingerprint density at radius 1 is 1.41 bits per heavy atom. The molecule has 2 atom stereocenters. The molecule has 5 nitrogen and oxygen atoms in total. The van der Waals surface area contributed by atoms with Gasteiger partial charge in [0.2, 0.25) is 0 Å². The maximum atomic E-state index is 12.6. The lowest BCUT2D eigenvalue weighted by atomic mass is 9.73. The van der Waals surface area contributed by atoms with Crippen LogP contribution in [0.2, 0.25) is 0 Å². The van der Waals surface area contributed by atoms with Gasteiger partial charge in [-0.05, 0) is 53.9 Å². The minimum absolute atomic E-state index is 0.290. The van der Waals surface area contributed by atoms with Gasteiger partial charge in [0.1, 0.15) is 5.75 Å². The summed E-state index contributed by atoms with van der Waals surface area (Å²) >= 11 is 3.35. The normalized spacial score (nSPS) is 24.6. The lowest BCUT2D eigenvalue weighted by molar-refractivity contribution is -0.145. The van der Waals surface area contributed by atoms with E-state index in [9.17, 15) is 14.7 Å². The first-order valence-electron chi connectivity index (χ1n) is 7.26. The molecule has 22 heavy (non-hydrogen) atoms. The number of halogens is 1. The molecule has 0 spiro atoms. The summed E-state index contributed by atoms with van der Waals surface area (Å²) < 4.78 is 5.79. The monoisotopic (exact) mass is 369 g/mol. The highest BCUT2D eigenvalue weighted by Gasteiger charge is 2.42. The Kier molecular flexibility index (Phi) is 5.11. The molecule has 0 aliphatic heterocycles. The minimum atomic E-state index is -0.854. The van der Waals surface area contributed by atoms with Gasteiger partial charge in [-0.15, -0.1) is 0 Å². The van der Waals surface area contributed by atoms with Gasteiger partial charge in [-0.25, -0.2) is 0 Å². The zero-order chi connectivity index (χ0) is 16.3. The molecule has 120 valence electrons. The summed E-state index contributed by atoms with van der Waals surface area (Å²) in [6.45, 7) is 1.82. The Balaban J connectivity index is 2.25. The van der Waals surface area contributed by atoms with Crippen LogP contribution in [0.15, 0.2) is 22.7 Å². The summed E-state index contributed by atoms with van der Waals surface area (Å²) in [6, 6.07) is 5.14. The molecular weight excluding hydrogens is 350 g/mol. The van der Waals surface area contributed by atoms with Crippen molar-refractivity contribution in [3.63, 3.8) is 0 Å². The van der Waals surface area contributed by atoms with Crippen molar-refractivity contribution < 1.29 is 19.4 Å². The lowest BCUT2D eigenvalue weighted by Crippen LogP contribution is -2.55. The Hall–Kier alpha value is -1.56. The third-order valence-electron chi connectivity index (χ3n) is 4.32. The standard InChI is InChI=1S/C16H20BrNO4/c1-16(8-4-3-5-12(16)15(20)21)18-14(19)11-9-10(22-2)6-7-13(11)17/h6-7,9,12H,3-5,8H2,1-2H3,(H,18,19)(H,20,21). The maximum absolute atomic E-state index is 12.6. The Bertz CT molecular complexity index is 590. The van der Waals surface area contributed by atoms with Crippen LogP contribution >= 0.6 is 15.9 Å². The molecule has 0 bridgehead atoms. The van der Waals surface area contributed by atoms with Crippen molar-refractivity contribution in [1.29, 1.82) is 0 Å². The molecule has 2 N–H and O–H groups in total. The smallest absolute Gasteiger partial charge is 0.308 e. The molecule has 0 heterocycles. The van der Waals surface area contributed by atoms with Gasteiger partial charge < -0.3 is 15.2 Å². The highest BCUT2D eigenvalue weighted by molar-refractivity contribution is 9.10. The van der Waals surface area contributed by atoms with Gasteiger partial charge in [0.25, 0.3) is 5.91 Å². The van der Waals surface area contributed by atoms with Gasteiger partial charge in [0.05, 0.1) is 24.1 Å². The average molecular weight is 370 g/mol. The largest absolute Gasteiger partial charge is 0.497 e. The fourth-order valence-electron chi connectivity index (χ4n) is 3.01. The average Bonchev–Trinajstić information content (AvgIpc) is 2.47. The maximum Gasteiger partial charge on any atom is 0.308 e. The quantitative estimate of drug-likeness (QED) is 0.854. The number of carboxylic acid groups (broad SMARTS) is 1. The van der Waals surface area contributed by atoms with Gasteiger partial charge in [-0.3, -0.25) is 9.59 Å². The molecule has 1 fully saturated rings. The zero-order valence-electron chi connectivity index (χ0n) is 12.7. The Morgan fingerprint density at radius 2 is 2.14 bits per heavy atom. The number of aliphatic carboxylic acids is 1. The molecule has 0 aromatic heterocycles. The summed E-state index contributed by atoms with van der Waals surface area (Å²) in [6.07, 6.45) is 3.05. The van der Waals surface area contributed by atoms with E-state index in [0.717, 1.165) is 12.8 Å². The second-order valence-corrected chi connectivity index (χ2v) is 6.71. The van der Waals surface area contributed by atoms with Crippen LogP contribution in [0.3, 0.4) is 0 Å². The SMILES string of the molecule is COc1ccc(Br)c(C(=O)NC2(C)CCCCC2C(=O)O)c1. The predicted molar refractivity (Wildman–Crippen MR) is 86.2 cm³/mol. The van der Waals surface area contributed by atoms with Crippen molar-refractivity contribution in [2.45, 2.75) is 38.1 Å². The number of hydrogen-bond acceptors (Lipinski definition) is 3. The van der Waals surface area contributed by atoms with E-state index in [1.807, 2.05) is 6.92 Å². The molecule has 1 aliphatic carbocycles. The van der Waals surface area contributed by atoms with Crippen LogP contribution in [0.25, 0.3) is 0 Å². The number of rotatable bonds is 4. The van der Waals surface area contributed by atoms with E-state index in [4.69, 9.17) is 4.74 Å². The third-order valence-corrected chi connectivity index (χ3v) is 5.01. The highest BCUT2D eigenvalue weighted by atomic mass is 79.9. The van der Waals surface area contributed by atoms with Crippen LogP contribution in [0, 0.1) is 5.92 Å². The predicted octanol–water partition coefficient (Wildman–Crippen LogP) is 3.22. The number of carboxylic acids is 1. The number of nitrogens with one attached hydrogen (secondary N) is 1. The minimum Gasteiger partial charge on any atom is -0.497 e. The summed E-state index contributed by atoms with van der Waals surface area (Å²) in [5.41, 5.74) is -0.292. The fourth-order valence-corrected chi connectivity index (χ4v) is 3.44. The number of benzene rings is 1. The summed E-state index contributed by atoms with van der Waals surface area (Å²) in [5.74, 6) is -1.12. The van der Waals surface area contributed by atoms with Crippen molar-refractivity contribution in [3.8, 4) is 5.75 Å². The van der Waals surface area contributed by atoms with Crippen LogP contribution < -0.4 is 10.1 Å². The van der Waals surface area contributed by atoms with Gasteiger partial charge in [-0.1, -0.05) is 12.8 Å². The first kappa shape index (κ1) is 16.8. The molecule has 1 saturated carbocycles. The summed E-state index contributed by atoms with van der Waals surface area (Å²) in [4.78, 5) is 24.1. The molecule has 2 rings (SSSR count). The molecule has 1 aromatic carbocycles. The van der Waals surface area contributed by atoms with Crippen molar-refractivity contribution in [2.75, 3.05) is 7.11 Å². The van der Waals surface area contributed by atoms with E-state index in [0.29, 0.717) is 28.6 Å². The van der Waals surface area contributed by atoms with Crippen molar-refractivity contribution in [1.82, 2.24) is 5.32 Å². The van der Waals surface area contributed by atoms with Crippen LogP contribution in [0.1, 0.15) is 43.0 Å². The molecule has 1 aliphatic rings. The van der Waals surface area contributed by atoms with Gasteiger partial charge in [-0.2, -0.15) is 0 Å². The second kappa shape index (κ2) is 6.69. The number of carbonyl (C=O) groups excluding carboxylic acids is 1. The summed E-state index contributed by atoms with van der Waals surface area (Å²) in [7, 11) is 1.54. The van der Waals surface area contributed by atoms with Crippen LogP contribution in [-0.2, 0) is 4.79 Å². The third kappa shape index (κ3) is 3.43. The van der Waals surface area contributed by atoms with E-state index in [-0.39, 0.29) is 5.91 Å². The molecular formula is C16H20BrNO4. The Labute approximate surface area is 138 Å². The first-order valence-corrected chi connectivity index (χ1v) is 8.05. The van der Waals surface area contributed by atoms with Gasteiger partial charge in [0.15, 0.2) is 0 Å². The van der Waals surface area contributed by atoms with E-state index >= 15 is 0 Å². The summed E-state index contributed by atoms with van der Waals surface area (Å²) in [5, 5.41) is 12.3. The lowest BCUT2D eigenvalue weighted by Gasteiger charge is -2.39. The Morgan fingerprint density at radius 3 is 2.77 bits per heavy atom. The van der Waals surface area contributed by atoms with E-state index in [2.05, 4.69) is 21.2 Å². The molecule has 1 amide bonds. The topological polar surface area (TPSA) is 75.6 Å². The first-order chi connectivity index (χ1) is 10.4. The highest BCUT2D eigenvalue weighted by Crippen LogP contribution is 2.34. The number of methoxy groups -OCH3 is 1. The number of carbonyl (C=O) groups is 2.